The Morgan fingerprint density at radius 2 is 1.72 bits per heavy atom. The molecule has 3 aromatic carbocycles. The van der Waals surface area contributed by atoms with Crippen LogP contribution < -0.4 is 10.1 Å². The van der Waals surface area contributed by atoms with Crippen LogP contribution in [0.3, 0.4) is 0 Å². The van der Waals surface area contributed by atoms with Gasteiger partial charge in [0, 0.05) is 29.1 Å². The van der Waals surface area contributed by atoms with Gasteiger partial charge < -0.3 is 14.6 Å². The molecule has 4 rings (SSSR count). The SMILES string of the molecule is Cn1c(COc2ccc(Cl)cc2)nnc1SCc1ccc(C(=O)Nc2ccccc2)cc1. The van der Waals surface area contributed by atoms with E-state index >= 15 is 0 Å². The highest BCUT2D eigenvalue weighted by molar-refractivity contribution is 7.98. The number of hydrogen-bond donors (Lipinski definition) is 1. The van der Waals surface area contributed by atoms with Crippen LogP contribution in [0.5, 0.6) is 5.75 Å². The smallest absolute Gasteiger partial charge is 0.255 e. The lowest BCUT2D eigenvalue weighted by Crippen LogP contribution is -2.11. The Balaban J connectivity index is 1.30. The van der Waals surface area contributed by atoms with Crippen LogP contribution in [0, 0.1) is 0 Å². The van der Waals surface area contributed by atoms with Crippen LogP contribution >= 0.6 is 23.4 Å². The number of carbonyl (C=O) groups is 1. The van der Waals surface area contributed by atoms with Crippen LogP contribution in [-0.2, 0) is 19.4 Å². The summed E-state index contributed by atoms with van der Waals surface area (Å²) < 4.78 is 7.67. The molecule has 0 aliphatic heterocycles. The Hall–Kier alpha value is -3.29. The maximum absolute atomic E-state index is 12.4. The number of anilines is 1. The monoisotopic (exact) mass is 464 g/mol. The molecular formula is C24H21ClN4O2S. The summed E-state index contributed by atoms with van der Waals surface area (Å²) in [4.78, 5) is 12.4. The Labute approximate surface area is 195 Å². The lowest BCUT2D eigenvalue weighted by molar-refractivity contribution is 0.102. The molecule has 1 N–H and O–H groups in total. The number of benzene rings is 3. The molecule has 32 heavy (non-hydrogen) atoms. The molecule has 0 spiro atoms. The first-order valence-corrected chi connectivity index (χ1v) is 11.3. The van der Waals surface area contributed by atoms with Crippen molar-refractivity contribution in [2.24, 2.45) is 7.05 Å². The second kappa shape index (κ2) is 10.3. The van der Waals surface area contributed by atoms with Gasteiger partial charge in [-0.05, 0) is 54.1 Å². The van der Waals surface area contributed by atoms with Crippen LogP contribution in [0.1, 0.15) is 21.7 Å². The average molecular weight is 465 g/mol. The van der Waals surface area contributed by atoms with Gasteiger partial charge in [-0.3, -0.25) is 4.79 Å². The van der Waals surface area contributed by atoms with Crippen LogP contribution in [0.2, 0.25) is 5.02 Å². The molecule has 6 nitrogen and oxygen atoms in total. The van der Waals surface area contributed by atoms with Crippen molar-refractivity contribution < 1.29 is 9.53 Å². The average Bonchev–Trinajstić information content (AvgIpc) is 3.17. The van der Waals surface area contributed by atoms with Crippen molar-refractivity contribution in [1.82, 2.24) is 14.8 Å². The fourth-order valence-electron chi connectivity index (χ4n) is 2.90. The first-order chi connectivity index (χ1) is 15.6. The Kier molecular flexibility index (Phi) is 7.09. The molecule has 162 valence electrons. The minimum absolute atomic E-state index is 0.131. The van der Waals surface area contributed by atoms with Crippen LogP contribution in [0.4, 0.5) is 5.69 Å². The highest BCUT2D eigenvalue weighted by Crippen LogP contribution is 2.22. The van der Waals surface area contributed by atoms with E-state index in [2.05, 4.69) is 15.5 Å². The number of rotatable bonds is 8. The van der Waals surface area contributed by atoms with Crippen LogP contribution in [0.25, 0.3) is 0 Å². The molecule has 1 heterocycles. The van der Waals surface area contributed by atoms with Crippen LogP contribution in [-0.4, -0.2) is 20.7 Å². The fraction of sp³-hybridized carbons (Fsp3) is 0.125. The molecule has 0 atom stereocenters. The molecule has 0 aliphatic rings. The van der Waals surface area contributed by atoms with E-state index in [1.54, 1.807) is 23.9 Å². The van der Waals surface area contributed by atoms with Gasteiger partial charge in [0.05, 0.1) is 0 Å². The third-order valence-electron chi connectivity index (χ3n) is 4.72. The molecule has 0 unspecified atom stereocenters. The number of aromatic nitrogens is 3. The molecule has 1 aromatic heterocycles. The molecule has 0 saturated heterocycles. The van der Waals surface area contributed by atoms with E-state index < -0.39 is 0 Å². The highest BCUT2D eigenvalue weighted by atomic mass is 35.5. The Morgan fingerprint density at radius 1 is 1.00 bits per heavy atom. The molecule has 0 bridgehead atoms. The molecular weight excluding hydrogens is 444 g/mol. The van der Waals surface area contributed by atoms with Crippen molar-refractivity contribution in [2.45, 2.75) is 17.5 Å². The summed E-state index contributed by atoms with van der Waals surface area (Å²) in [6, 6.07) is 24.2. The zero-order valence-electron chi connectivity index (χ0n) is 17.4. The maximum atomic E-state index is 12.4. The van der Waals surface area contributed by atoms with Crippen molar-refractivity contribution >= 4 is 35.0 Å². The molecule has 0 aliphatic carbocycles. The minimum Gasteiger partial charge on any atom is -0.486 e. The van der Waals surface area contributed by atoms with Gasteiger partial charge in [0.1, 0.15) is 12.4 Å². The quantitative estimate of drug-likeness (QED) is 0.344. The van der Waals surface area contributed by atoms with Gasteiger partial charge in [0.25, 0.3) is 5.91 Å². The maximum Gasteiger partial charge on any atom is 0.255 e. The lowest BCUT2D eigenvalue weighted by Gasteiger charge is -2.07. The van der Waals surface area contributed by atoms with Gasteiger partial charge in [0.15, 0.2) is 11.0 Å². The third-order valence-corrected chi connectivity index (χ3v) is 6.07. The summed E-state index contributed by atoms with van der Waals surface area (Å²) in [6.45, 7) is 0.316. The second-order valence-corrected chi connectivity index (χ2v) is 8.39. The predicted molar refractivity (Wildman–Crippen MR) is 127 cm³/mol. The van der Waals surface area contributed by atoms with Crippen LogP contribution in [0.15, 0.2) is 84.0 Å². The number of thioether (sulfide) groups is 1. The standard InChI is InChI=1S/C24H21ClN4O2S/c1-29-22(15-31-21-13-11-19(25)12-14-21)27-28-24(29)32-16-17-7-9-18(10-8-17)23(30)26-20-5-3-2-4-6-20/h2-14H,15-16H2,1H3,(H,26,30). The zero-order valence-corrected chi connectivity index (χ0v) is 18.9. The van der Waals surface area contributed by atoms with E-state index in [1.165, 1.54) is 0 Å². The molecule has 0 saturated carbocycles. The van der Waals surface area contributed by atoms with Gasteiger partial charge in [-0.25, -0.2) is 0 Å². The summed E-state index contributed by atoms with van der Waals surface area (Å²) in [5, 5.41) is 12.8. The van der Waals surface area contributed by atoms with E-state index in [1.807, 2.05) is 78.3 Å². The Bertz CT molecular complexity index is 1180. The van der Waals surface area contributed by atoms with E-state index in [0.717, 1.165) is 28.0 Å². The lowest BCUT2D eigenvalue weighted by atomic mass is 10.1. The largest absolute Gasteiger partial charge is 0.486 e. The van der Waals surface area contributed by atoms with Crippen molar-refractivity contribution in [3.63, 3.8) is 0 Å². The molecule has 0 radical (unpaired) electrons. The second-order valence-electron chi connectivity index (χ2n) is 7.01. The summed E-state index contributed by atoms with van der Waals surface area (Å²) in [7, 11) is 1.92. The minimum atomic E-state index is -0.131. The van der Waals surface area contributed by atoms with E-state index in [0.29, 0.717) is 22.9 Å². The Morgan fingerprint density at radius 3 is 2.44 bits per heavy atom. The fourth-order valence-corrected chi connectivity index (χ4v) is 3.91. The number of amides is 1. The molecule has 0 fully saturated rings. The van der Waals surface area contributed by atoms with Gasteiger partial charge in [-0.1, -0.05) is 53.7 Å². The third kappa shape index (κ3) is 5.69. The normalized spacial score (nSPS) is 10.7. The number of para-hydroxylation sites is 1. The number of hydrogen-bond acceptors (Lipinski definition) is 5. The summed E-state index contributed by atoms with van der Waals surface area (Å²) in [6.07, 6.45) is 0. The first-order valence-electron chi connectivity index (χ1n) is 9.93. The topological polar surface area (TPSA) is 69.0 Å². The number of halogens is 1. The van der Waals surface area contributed by atoms with Gasteiger partial charge in [0.2, 0.25) is 0 Å². The zero-order chi connectivity index (χ0) is 22.3. The van der Waals surface area contributed by atoms with Crippen molar-refractivity contribution in [3.05, 3.63) is 101 Å². The number of nitrogens with one attached hydrogen (secondary N) is 1. The predicted octanol–water partition coefficient (Wildman–Crippen LogP) is 5.59. The van der Waals surface area contributed by atoms with Crippen molar-refractivity contribution in [1.29, 1.82) is 0 Å². The van der Waals surface area contributed by atoms with Gasteiger partial charge >= 0.3 is 0 Å². The molecule has 4 aromatic rings. The van der Waals surface area contributed by atoms with Crippen molar-refractivity contribution in [3.8, 4) is 5.75 Å². The molecule has 8 heteroatoms. The summed E-state index contributed by atoms with van der Waals surface area (Å²) in [5.41, 5.74) is 2.48. The van der Waals surface area contributed by atoms with Gasteiger partial charge in [-0.2, -0.15) is 0 Å². The first kappa shape index (κ1) is 21.9. The number of nitrogens with zero attached hydrogens (tertiary/aromatic N) is 3. The van der Waals surface area contributed by atoms with E-state index in [-0.39, 0.29) is 5.91 Å². The van der Waals surface area contributed by atoms with Gasteiger partial charge in [-0.15, -0.1) is 10.2 Å². The number of ether oxygens (including phenoxy) is 1. The van der Waals surface area contributed by atoms with E-state index in [9.17, 15) is 4.79 Å². The summed E-state index contributed by atoms with van der Waals surface area (Å²) in [5.74, 6) is 2.04. The molecule has 1 amide bonds. The number of carbonyl (C=O) groups excluding carboxylic acids is 1. The summed E-state index contributed by atoms with van der Waals surface area (Å²) >= 11 is 7.47. The van der Waals surface area contributed by atoms with E-state index in [4.69, 9.17) is 16.3 Å². The highest BCUT2D eigenvalue weighted by Gasteiger charge is 2.11. The van der Waals surface area contributed by atoms with Crippen molar-refractivity contribution in [2.75, 3.05) is 5.32 Å².